The van der Waals surface area contributed by atoms with Gasteiger partial charge in [-0.2, -0.15) is 0 Å². The third-order valence-corrected chi connectivity index (χ3v) is 5.64. The molecule has 0 spiro atoms. The Morgan fingerprint density at radius 3 is 2.89 bits per heavy atom. The van der Waals surface area contributed by atoms with Crippen LogP contribution in [0.25, 0.3) is 22.3 Å². The third-order valence-electron chi connectivity index (χ3n) is 5.35. The number of nitrogens with zero attached hydrogens (tertiary/aromatic N) is 3. The minimum Gasteiger partial charge on any atom is -0.481 e. The van der Waals surface area contributed by atoms with E-state index in [0.29, 0.717) is 17.4 Å². The summed E-state index contributed by atoms with van der Waals surface area (Å²) >= 11 is 6.45. The highest BCUT2D eigenvalue weighted by Crippen LogP contribution is 2.38. The number of ether oxygens (including phenoxy) is 1. The molecule has 1 saturated heterocycles. The molecular formula is C20H21ClN4O2. The number of fused-ring (bicyclic) bond motifs is 1. The van der Waals surface area contributed by atoms with Gasteiger partial charge in [0.2, 0.25) is 11.8 Å². The lowest BCUT2D eigenvalue weighted by atomic mass is 9.76. The first kappa shape index (κ1) is 17.8. The Bertz CT molecular complexity index is 1050. The van der Waals surface area contributed by atoms with Crippen molar-refractivity contribution in [3.63, 3.8) is 0 Å². The molecule has 140 valence electrons. The number of aryl methyl sites for hydroxylation is 1. The first-order valence-electron chi connectivity index (χ1n) is 8.89. The molecule has 2 aromatic heterocycles. The molecule has 1 fully saturated rings. The number of amides is 1. The molecule has 1 N–H and O–H groups in total. The Balaban J connectivity index is 1.81. The highest BCUT2D eigenvalue weighted by Gasteiger charge is 2.40. The number of halogens is 1. The minimum absolute atomic E-state index is 0.0135. The van der Waals surface area contributed by atoms with Crippen molar-refractivity contribution in [3.05, 3.63) is 41.2 Å². The van der Waals surface area contributed by atoms with Crippen LogP contribution in [-0.2, 0) is 17.3 Å². The van der Waals surface area contributed by atoms with Gasteiger partial charge in [-0.1, -0.05) is 17.7 Å². The first-order chi connectivity index (χ1) is 12.9. The lowest BCUT2D eigenvalue weighted by Crippen LogP contribution is -2.47. The highest BCUT2D eigenvalue weighted by atomic mass is 35.5. The van der Waals surface area contributed by atoms with E-state index in [1.165, 1.54) is 0 Å². The smallest absolute Gasteiger partial charge is 0.230 e. The molecule has 3 aromatic rings. The summed E-state index contributed by atoms with van der Waals surface area (Å²) in [5.74, 6) is 0.476. The molecular weight excluding hydrogens is 364 g/mol. The fourth-order valence-corrected chi connectivity index (χ4v) is 4.12. The lowest BCUT2D eigenvalue weighted by molar-refractivity contribution is -0.128. The number of nitrogens with one attached hydrogen (secondary N) is 1. The van der Waals surface area contributed by atoms with E-state index >= 15 is 0 Å². The summed E-state index contributed by atoms with van der Waals surface area (Å²) < 4.78 is 7.44. The van der Waals surface area contributed by atoms with Gasteiger partial charge in [-0.15, -0.1) is 0 Å². The van der Waals surface area contributed by atoms with Crippen LogP contribution < -0.4 is 10.1 Å². The van der Waals surface area contributed by atoms with Crippen molar-refractivity contribution >= 4 is 28.5 Å². The molecule has 7 heteroatoms. The number of benzene rings is 1. The maximum absolute atomic E-state index is 12.5. The predicted octanol–water partition coefficient (Wildman–Crippen LogP) is 3.47. The average Bonchev–Trinajstić information content (AvgIpc) is 3.05. The molecule has 1 aromatic carbocycles. The molecule has 0 bridgehead atoms. The summed E-state index contributed by atoms with van der Waals surface area (Å²) in [6.45, 7) is 2.66. The summed E-state index contributed by atoms with van der Waals surface area (Å²) in [4.78, 5) is 21.6. The van der Waals surface area contributed by atoms with Crippen LogP contribution in [0.2, 0.25) is 5.02 Å². The molecule has 0 radical (unpaired) electrons. The van der Waals surface area contributed by atoms with Crippen LogP contribution in [0.1, 0.15) is 25.3 Å². The lowest BCUT2D eigenvalue weighted by Gasteiger charge is -2.33. The molecule has 3 heterocycles. The minimum atomic E-state index is -0.641. The topological polar surface area (TPSA) is 69.0 Å². The van der Waals surface area contributed by atoms with Crippen LogP contribution in [0.15, 0.2) is 30.6 Å². The van der Waals surface area contributed by atoms with Crippen LogP contribution >= 0.6 is 11.6 Å². The van der Waals surface area contributed by atoms with E-state index in [0.717, 1.165) is 40.7 Å². The number of piperidine rings is 1. The zero-order chi connectivity index (χ0) is 19.2. The number of hydrogen-bond donors (Lipinski definition) is 1. The molecule has 6 nitrogen and oxygen atoms in total. The number of carbonyl (C=O) groups excluding carboxylic acids is 1. The van der Waals surface area contributed by atoms with Crippen LogP contribution in [0.3, 0.4) is 0 Å². The standard InChI is InChI=1S/C20H21ClN4O2/c1-20(7-4-8-22-19(20)26)13-5-6-15(24-18(13)27-3)12-9-14(21)17-16(10-12)23-11-25(17)2/h5-6,9-11H,4,7-8H2,1-3H3,(H,22,26)/t20-/m1/s1. The molecule has 27 heavy (non-hydrogen) atoms. The van der Waals surface area contributed by atoms with Crippen molar-refractivity contribution in [1.82, 2.24) is 19.9 Å². The van der Waals surface area contributed by atoms with Crippen molar-refractivity contribution in [1.29, 1.82) is 0 Å². The Kier molecular flexibility index (Phi) is 4.30. The summed E-state index contributed by atoms with van der Waals surface area (Å²) in [6.07, 6.45) is 3.43. The average molecular weight is 385 g/mol. The maximum Gasteiger partial charge on any atom is 0.230 e. The van der Waals surface area contributed by atoms with Crippen LogP contribution in [0, 0.1) is 0 Å². The van der Waals surface area contributed by atoms with E-state index in [1.54, 1.807) is 13.4 Å². The van der Waals surface area contributed by atoms with Crippen molar-refractivity contribution in [2.24, 2.45) is 7.05 Å². The molecule has 1 aliphatic heterocycles. The van der Waals surface area contributed by atoms with E-state index in [2.05, 4.69) is 15.3 Å². The number of aromatic nitrogens is 3. The van der Waals surface area contributed by atoms with Crippen LogP contribution in [0.5, 0.6) is 5.88 Å². The molecule has 0 saturated carbocycles. The molecule has 1 amide bonds. The van der Waals surface area contributed by atoms with Gasteiger partial charge in [-0.3, -0.25) is 4.79 Å². The van der Waals surface area contributed by atoms with Gasteiger partial charge in [0.05, 0.1) is 40.6 Å². The molecule has 0 aliphatic carbocycles. The molecule has 1 atom stereocenters. The zero-order valence-corrected chi connectivity index (χ0v) is 16.3. The SMILES string of the molecule is COc1nc(-c2cc(Cl)c3c(c2)ncn3C)ccc1[C@@]1(C)CCCNC1=O. The Labute approximate surface area is 162 Å². The molecule has 0 unspecified atom stereocenters. The van der Waals surface area contributed by atoms with Gasteiger partial charge >= 0.3 is 0 Å². The van der Waals surface area contributed by atoms with Gasteiger partial charge in [0, 0.05) is 24.7 Å². The number of hydrogen-bond acceptors (Lipinski definition) is 4. The molecule has 4 rings (SSSR count). The first-order valence-corrected chi connectivity index (χ1v) is 9.26. The van der Waals surface area contributed by atoms with Crippen molar-refractivity contribution < 1.29 is 9.53 Å². The van der Waals surface area contributed by atoms with Gasteiger partial charge in [0.15, 0.2) is 0 Å². The fourth-order valence-electron chi connectivity index (χ4n) is 3.77. The summed E-state index contributed by atoms with van der Waals surface area (Å²) in [7, 11) is 3.49. The molecule has 1 aliphatic rings. The number of imidazole rings is 1. The van der Waals surface area contributed by atoms with Crippen molar-refractivity contribution in [2.45, 2.75) is 25.2 Å². The van der Waals surface area contributed by atoms with E-state index in [1.807, 2.05) is 42.8 Å². The van der Waals surface area contributed by atoms with E-state index in [4.69, 9.17) is 16.3 Å². The third kappa shape index (κ3) is 2.84. The Morgan fingerprint density at radius 2 is 2.15 bits per heavy atom. The number of methoxy groups -OCH3 is 1. The van der Waals surface area contributed by atoms with Gasteiger partial charge in [0.1, 0.15) is 0 Å². The maximum atomic E-state index is 12.5. The second-order valence-corrected chi connectivity index (χ2v) is 7.53. The van der Waals surface area contributed by atoms with Gasteiger partial charge < -0.3 is 14.6 Å². The van der Waals surface area contributed by atoms with E-state index < -0.39 is 5.41 Å². The Morgan fingerprint density at radius 1 is 1.33 bits per heavy atom. The quantitative estimate of drug-likeness (QED) is 0.750. The zero-order valence-electron chi connectivity index (χ0n) is 15.5. The van der Waals surface area contributed by atoms with Gasteiger partial charge in [-0.05, 0) is 38.0 Å². The van der Waals surface area contributed by atoms with Gasteiger partial charge in [0.25, 0.3) is 0 Å². The normalized spacial score (nSPS) is 19.9. The van der Waals surface area contributed by atoms with Crippen LogP contribution in [0.4, 0.5) is 0 Å². The predicted molar refractivity (Wildman–Crippen MR) is 105 cm³/mol. The van der Waals surface area contributed by atoms with Crippen molar-refractivity contribution in [2.75, 3.05) is 13.7 Å². The number of carbonyl (C=O) groups is 1. The number of pyridine rings is 1. The van der Waals surface area contributed by atoms with E-state index in [9.17, 15) is 4.79 Å². The number of rotatable bonds is 3. The Hall–Kier alpha value is -2.60. The monoisotopic (exact) mass is 384 g/mol. The van der Waals surface area contributed by atoms with Crippen LogP contribution in [-0.4, -0.2) is 34.1 Å². The second kappa shape index (κ2) is 6.53. The second-order valence-electron chi connectivity index (χ2n) is 7.13. The van der Waals surface area contributed by atoms with Gasteiger partial charge in [-0.25, -0.2) is 9.97 Å². The summed E-state index contributed by atoms with van der Waals surface area (Å²) in [6, 6.07) is 7.67. The van der Waals surface area contributed by atoms with E-state index in [-0.39, 0.29) is 5.91 Å². The fraction of sp³-hybridized carbons (Fsp3) is 0.350. The summed E-state index contributed by atoms with van der Waals surface area (Å²) in [5, 5.41) is 3.56. The highest BCUT2D eigenvalue weighted by molar-refractivity contribution is 6.35. The van der Waals surface area contributed by atoms with Crippen molar-refractivity contribution in [3.8, 4) is 17.1 Å². The largest absolute Gasteiger partial charge is 0.481 e. The summed E-state index contributed by atoms with van der Waals surface area (Å²) in [5.41, 5.74) is 3.44.